The summed E-state index contributed by atoms with van der Waals surface area (Å²) in [6.45, 7) is 3.21. The van der Waals surface area contributed by atoms with Crippen molar-refractivity contribution in [3.63, 3.8) is 0 Å². The van der Waals surface area contributed by atoms with Gasteiger partial charge < -0.3 is 19.9 Å². The third-order valence-electron chi connectivity index (χ3n) is 4.96. The van der Waals surface area contributed by atoms with E-state index in [2.05, 4.69) is 5.32 Å². The summed E-state index contributed by atoms with van der Waals surface area (Å²) in [5.41, 5.74) is 1.90. The summed E-state index contributed by atoms with van der Waals surface area (Å²) >= 11 is 0. The topological polar surface area (TPSA) is 65.1 Å². The van der Waals surface area contributed by atoms with Crippen LogP contribution in [0, 0.1) is 0 Å². The van der Waals surface area contributed by atoms with Gasteiger partial charge in [-0.2, -0.15) is 0 Å². The standard InChI is InChI=1S/C22H28N4O3/c1-24(16-18-8-10-20(29-2)11-9-18)17-21(27)25-12-14-26(15-13-25)22(28)23-19-6-4-3-5-7-19/h3-11H,12-17H2,1-2H3,(H,23,28). The van der Waals surface area contributed by atoms with Crippen molar-refractivity contribution in [3.8, 4) is 5.75 Å². The number of likely N-dealkylation sites (N-methyl/N-ethyl adjacent to an activating group) is 1. The van der Waals surface area contributed by atoms with Gasteiger partial charge in [-0.3, -0.25) is 9.69 Å². The molecular formula is C22H28N4O3. The maximum Gasteiger partial charge on any atom is 0.321 e. The van der Waals surface area contributed by atoms with Gasteiger partial charge in [-0.15, -0.1) is 0 Å². The van der Waals surface area contributed by atoms with Crippen molar-refractivity contribution in [1.29, 1.82) is 0 Å². The molecule has 0 saturated carbocycles. The molecule has 7 heteroatoms. The zero-order valence-corrected chi connectivity index (χ0v) is 17.0. The van der Waals surface area contributed by atoms with Crippen LogP contribution in [-0.2, 0) is 11.3 Å². The molecule has 1 N–H and O–H groups in total. The van der Waals surface area contributed by atoms with Crippen molar-refractivity contribution in [3.05, 3.63) is 60.2 Å². The van der Waals surface area contributed by atoms with Crippen molar-refractivity contribution in [2.45, 2.75) is 6.54 Å². The van der Waals surface area contributed by atoms with Crippen molar-refractivity contribution >= 4 is 17.6 Å². The van der Waals surface area contributed by atoms with Crippen LogP contribution in [0.25, 0.3) is 0 Å². The highest BCUT2D eigenvalue weighted by Gasteiger charge is 2.24. The third-order valence-corrected chi connectivity index (χ3v) is 4.96. The van der Waals surface area contributed by atoms with Gasteiger partial charge >= 0.3 is 6.03 Å². The van der Waals surface area contributed by atoms with Gasteiger partial charge in [0.2, 0.25) is 5.91 Å². The fourth-order valence-electron chi connectivity index (χ4n) is 3.31. The Hall–Kier alpha value is -3.06. The predicted octanol–water partition coefficient (Wildman–Crippen LogP) is 2.50. The van der Waals surface area contributed by atoms with E-state index in [0.717, 1.165) is 17.0 Å². The third kappa shape index (κ3) is 5.96. The molecule has 7 nitrogen and oxygen atoms in total. The number of methoxy groups -OCH3 is 1. The van der Waals surface area contributed by atoms with Crippen molar-refractivity contribution in [1.82, 2.24) is 14.7 Å². The Bertz CT molecular complexity index is 803. The number of nitrogens with zero attached hydrogens (tertiary/aromatic N) is 3. The van der Waals surface area contributed by atoms with Gasteiger partial charge in [0.1, 0.15) is 5.75 Å². The lowest BCUT2D eigenvalue weighted by Gasteiger charge is -2.35. The van der Waals surface area contributed by atoms with Gasteiger partial charge in [0.15, 0.2) is 0 Å². The van der Waals surface area contributed by atoms with Gasteiger partial charge in [0, 0.05) is 38.4 Å². The highest BCUT2D eigenvalue weighted by Crippen LogP contribution is 2.13. The average molecular weight is 396 g/mol. The Morgan fingerprint density at radius 2 is 1.59 bits per heavy atom. The second kappa shape index (κ2) is 9.93. The van der Waals surface area contributed by atoms with Gasteiger partial charge in [-0.1, -0.05) is 30.3 Å². The van der Waals surface area contributed by atoms with Gasteiger partial charge in [0.05, 0.1) is 13.7 Å². The Morgan fingerprint density at radius 1 is 0.966 bits per heavy atom. The number of benzene rings is 2. The minimum atomic E-state index is -0.125. The lowest BCUT2D eigenvalue weighted by Crippen LogP contribution is -2.53. The molecule has 29 heavy (non-hydrogen) atoms. The van der Waals surface area contributed by atoms with Crippen molar-refractivity contribution in [2.75, 3.05) is 52.2 Å². The lowest BCUT2D eigenvalue weighted by atomic mass is 10.2. The molecule has 1 aliphatic rings. The molecule has 3 amide bonds. The van der Waals surface area contributed by atoms with Crippen LogP contribution in [0.1, 0.15) is 5.56 Å². The minimum absolute atomic E-state index is 0.0872. The van der Waals surface area contributed by atoms with Crippen LogP contribution < -0.4 is 10.1 Å². The van der Waals surface area contributed by atoms with E-state index in [1.807, 2.05) is 71.4 Å². The molecule has 0 bridgehead atoms. The first kappa shape index (κ1) is 20.7. The number of hydrogen-bond donors (Lipinski definition) is 1. The number of anilines is 1. The van der Waals surface area contributed by atoms with Crippen molar-refractivity contribution in [2.24, 2.45) is 0 Å². The van der Waals surface area contributed by atoms with E-state index in [0.29, 0.717) is 39.3 Å². The first-order valence-corrected chi connectivity index (χ1v) is 9.75. The van der Waals surface area contributed by atoms with Crippen LogP contribution in [0.3, 0.4) is 0 Å². The van der Waals surface area contributed by atoms with Crippen LogP contribution in [0.15, 0.2) is 54.6 Å². The summed E-state index contributed by atoms with van der Waals surface area (Å²) in [6.07, 6.45) is 0. The summed E-state index contributed by atoms with van der Waals surface area (Å²) in [4.78, 5) is 30.6. The number of amides is 3. The number of ether oxygens (including phenoxy) is 1. The highest BCUT2D eigenvalue weighted by molar-refractivity contribution is 5.89. The highest BCUT2D eigenvalue weighted by atomic mass is 16.5. The maximum atomic E-state index is 12.6. The Balaban J connectivity index is 1.42. The van der Waals surface area contributed by atoms with Gasteiger partial charge in [-0.25, -0.2) is 4.79 Å². The molecule has 0 aliphatic carbocycles. The summed E-state index contributed by atoms with van der Waals surface area (Å²) in [5.74, 6) is 0.908. The number of carbonyl (C=O) groups excluding carboxylic acids is 2. The van der Waals surface area contributed by atoms with E-state index >= 15 is 0 Å². The Kier molecular flexibility index (Phi) is 7.08. The zero-order valence-electron chi connectivity index (χ0n) is 17.0. The van der Waals surface area contributed by atoms with Crippen molar-refractivity contribution < 1.29 is 14.3 Å². The number of hydrogen-bond acceptors (Lipinski definition) is 4. The largest absolute Gasteiger partial charge is 0.497 e. The molecule has 0 atom stereocenters. The summed E-state index contributed by atoms with van der Waals surface area (Å²) in [5, 5.41) is 2.89. The number of rotatable bonds is 6. The fraction of sp³-hybridized carbons (Fsp3) is 0.364. The first-order chi connectivity index (χ1) is 14.0. The van der Waals surface area contributed by atoms with Gasteiger partial charge in [0.25, 0.3) is 0 Å². The Morgan fingerprint density at radius 3 is 2.21 bits per heavy atom. The minimum Gasteiger partial charge on any atom is -0.497 e. The van der Waals surface area contributed by atoms with E-state index in [-0.39, 0.29) is 11.9 Å². The molecule has 2 aromatic rings. The van der Waals surface area contributed by atoms with E-state index in [4.69, 9.17) is 4.74 Å². The second-order valence-electron chi connectivity index (χ2n) is 7.18. The SMILES string of the molecule is COc1ccc(CN(C)CC(=O)N2CCN(C(=O)Nc3ccccc3)CC2)cc1. The number of urea groups is 1. The second-order valence-corrected chi connectivity index (χ2v) is 7.18. The fourth-order valence-corrected chi connectivity index (χ4v) is 3.31. The smallest absolute Gasteiger partial charge is 0.321 e. The van der Waals surface area contributed by atoms with Gasteiger partial charge in [-0.05, 0) is 36.9 Å². The molecule has 0 unspecified atom stereocenters. The normalized spacial score (nSPS) is 14.0. The van der Waals surface area contributed by atoms with E-state index < -0.39 is 0 Å². The first-order valence-electron chi connectivity index (χ1n) is 9.75. The molecular weight excluding hydrogens is 368 g/mol. The molecule has 1 fully saturated rings. The summed E-state index contributed by atoms with van der Waals surface area (Å²) in [7, 11) is 3.58. The summed E-state index contributed by atoms with van der Waals surface area (Å²) < 4.78 is 5.17. The maximum absolute atomic E-state index is 12.6. The predicted molar refractivity (Wildman–Crippen MR) is 113 cm³/mol. The number of carbonyl (C=O) groups is 2. The van der Waals surface area contributed by atoms with E-state index in [9.17, 15) is 9.59 Å². The number of piperazine rings is 1. The zero-order chi connectivity index (χ0) is 20.6. The summed E-state index contributed by atoms with van der Waals surface area (Å²) in [6, 6.07) is 17.1. The molecule has 1 aliphatic heterocycles. The number of para-hydroxylation sites is 1. The molecule has 1 heterocycles. The average Bonchev–Trinajstić information content (AvgIpc) is 2.75. The molecule has 0 aromatic heterocycles. The van der Waals surface area contributed by atoms with Crippen LogP contribution >= 0.6 is 0 Å². The molecule has 154 valence electrons. The molecule has 0 radical (unpaired) electrons. The van der Waals surface area contributed by atoms with Crippen LogP contribution in [-0.4, -0.2) is 73.5 Å². The quantitative estimate of drug-likeness (QED) is 0.815. The van der Waals surface area contributed by atoms with E-state index in [1.165, 1.54) is 0 Å². The molecule has 2 aromatic carbocycles. The number of nitrogens with one attached hydrogen (secondary N) is 1. The monoisotopic (exact) mass is 396 g/mol. The molecule has 0 spiro atoms. The molecule has 3 rings (SSSR count). The van der Waals surface area contributed by atoms with Crippen LogP contribution in [0.5, 0.6) is 5.75 Å². The molecule has 1 saturated heterocycles. The van der Waals surface area contributed by atoms with E-state index in [1.54, 1.807) is 12.0 Å². The van der Waals surface area contributed by atoms with Crippen LogP contribution in [0.4, 0.5) is 10.5 Å². The Labute approximate surface area is 171 Å². The van der Waals surface area contributed by atoms with Crippen LogP contribution in [0.2, 0.25) is 0 Å². The lowest BCUT2D eigenvalue weighted by molar-refractivity contribution is -0.133.